The van der Waals surface area contributed by atoms with Gasteiger partial charge in [0.1, 0.15) is 11.0 Å². The van der Waals surface area contributed by atoms with Gasteiger partial charge in [-0.25, -0.2) is 0 Å². The molecule has 0 amide bonds. The number of hydrogen-bond donors (Lipinski definition) is 1. The molecule has 1 atom stereocenters. The van der Waals surface area contributed by atoms with E-state index in [2.05, 4.69) is 21.7 Å². The van der Waals surface area contributed by atoms with Gasteiger partial charge in [0, 0.05) is 11.6 Å². The van der Waals surface area contributed by atoms with E-state index >= 15 is 0 Å². The molecule has 1 saturated carbocycles. The fourth-order valence-corrected chi connectivity index (χ4v) is 4.21. The molecule has 0 spiro atoms. The summed E-state index contributed by atoms with van der Waals surface area (Å²) in [5.41, 5.74) is 0.978. The van der Waals surface area contributed by atoms with E-state index in [1.54, 1.807) is 6.92 Å². The molecule has 0 aliphatic heterocycles. The molecule has 27 heavy (non-hydrogen) atoms. The van der Waals surface area contributed by atoms with Crippen LogP contribution in [-0.4, -0.2) is 37.7 Å². The lowest BCUT2D eigenvalue weighted by molar-refractivity contribution is -0.136. The molecule has 6 nitrogen and oxygen atoms in total. The second kappa shape index (κ2) is 9.26. The quantitative estimate of drug-likeness (QED) is 0.653. The van der Waals surface area contributed by atoms with Gasteiger partial charge in [-0.1, -0.05) is 37.9 Å². The number of thioether (sulfide) groups is 1. The predicted molar refractivity (Wildman–Crippen MR) is 106 cm³/mol. The maximum Gasteiger partial charge on any atom is 0.316 e. The first kappa shape index (κ1) is 19.7. The van der Waals surface area contributed by atoms with Gasteiger partial charge in [-0.2, -0.15) is 0 Å². The SMILES string of the molecule is CCCOc1ccc(-c2nnc(SC(C)C(=O)O)n2C2CCCCC2)cc1. The summed E-state index contributed by atoms with van der Waals surface area (Å²) in [6, 6.07) is 8.24. The number of rotatable bonds is 8. The van der Waals surface area contributed by atoms with Gasteiger partial charge in [0.05, 0.1) is 6.61 Å². The molecule has 1 aliphatic carbocycles. The standard InChI is InChI=1S/C20H27N3O3S/c1-3-13-26-17-11-9-15(10-12-17)18-21-22-20(27-14(2)19(24)25)23(18)16-7-5-4-6-8-16/h9-12,14,16H,3-8,13H2,1-2H3,(H,24,25). The van der Waals surface area contributed by atoms with Gasteiger partial charge in [-0.3, -0.25) is 9.36 Å². The second-order valence-corrected chi connectivity index (χ2v) is 8.25. The minimum Gasteiger partial charge on any atom is -0.494 e. The van der Waals surface area contributed by atoms with Crippen molar-refractivity contribution in [1.29, 1.82) is 0 Å². The Hall–Kier alpha value is -2.02. The summed E-state index contributed by atoms with van der Waals surface area (Å²) in [4.78, 5) is 11.3. The van der Waals surface area contributed by atoms with Crippen molar-refractivity contribution in [1.82, 2.24) is 14.8 Å². The van der Waals surface area contributed by atoms with E-state index in [1.165, 1.54) is 31.0 Å². The highest BCUT2D eigenvalue weighted by Crippen LogP contribution is 2.36. The number of carboxylic acid groups (broad SMARTS) is 1. The summed E-state index contributed by atoms with van der Waals surface area (Å²) in [6.45, 7) is 4.47. The maximum atomic E-state index is 11.3. The van der Waals surface area contributed by atoms with E-state index in [0.717, 1.165) is 36.4 Å². The molecule has 0 saturated heterocycles. The topological polar surface area (TPSA) is 77.2 Å². The lowest BCUT2D eigenvalue weighted by Crippen LogP contribution is -2.17. The molecule has 1 fully saturated rings. The largest absolute Gasteiger partial charge is 0.494 e. The molecule has 2 aromatic rings. The number of nitrogens with zero attached hydrogens (tertiary/aromatic N) is 3. The van der Waals surface area contributed by atoms with E-state index in [0.29, 0.717) is 17.8 Å². The lowest BCUT2D eigenvalue weighted by atomic mass is 9.95. The number of hydrogen-bond acceptors (Lipinski definition) is 5. The van der Waals surface area contributed by atoms with E-state index in [4.69, 9.17) is 4.74 Å². The average molecular weight is 390 g/mol. The van der Waals surface area contributed by atoms with Crippen molar-refractivity contribution < 1.29 is 14.6 Å². The summed E-state index contributed by atoms with van der Waals surface area (Å²) in [7, 11) is 0. The third-order valence-corrected chi connectivity index (χ3v) is 5.86. The summed E-state index contributed by atoms with van der Waals surface area (Å²) < 4.78 is 7.82. The van der Waals surface area contributed by atoms with E-state index in [1.807, 2.05) is 24.3 Å². The van der Waals surface area contributed by atoms with Crippen LogP contribution >= 0.6 is 11.8 Å². The molecule has 1 aromatic carbocycles. The van der Waals surface area contributed by atoms with Crippen LogP contribution in [0.2, 0.25) is 0 Å². The van der Waals surface area contributed by atoms with Crippen molar-refractivity contribution in [3.05, 3.63) is 24.3 Å². The van der Waals surface area contributed by atoms with Gasteiger partial charge in [-0.15, -0.1) is 10.2 Å². The molecule has 1 unspecified atom stereocenters. The van der Waals surface area contributed by atoms with Crippen LogP contribution in [0.1, 0.15) is 58.4 Å². The molecular formula is C20H27N3O3S. The Labute approximate surface area is 164 Å². The van der Waals surface area contributed by atoms with Gasteiger partial charge in [0.2, 0.25) is 0 Å². The van der Waals surface area contributed by atoms with E-state index in [9.17, 15) is 9.90 Å². The summed E-state index contributed by atoms with van der Waals surface area (Å²) >= 11 is 1.27. The van der Waals surface area contributed by atoms with Crippen molar-refractivity contribution in [2.24, 2.45) is 0 Å². The molecule has 7 heteroatoms. The van der Waals surface area contributed by atoms with Gasteiger partial charge in [0.15, 0.2) is 11.0 Å². The lowest BCUT2D eigenvalue weighted by Gasteiger charge is -2.26. The van der Waals surface area contributed by atoms with Crippen LogP contribution in [0.4, 0.5) is 0 Å². The van der Waals surface area contributed by atoms with Gasteiger partial charge in [-0.05, 0) is 50.5 Å². The zero-order valence-electron chi connectivity index (χ0n) is 15.9. The molecule has 1 N–H and O–H groups in total. The number of benzene rings is 1. The first-order valence-electron chi connectivity index (χ1n) is 9.67. The minimum absolute atomic E-state index is 0.322. The fourth-order valence-electron chi connectivity index (χ4n) is 3.35. The Kier molecular flexibility index (Phi) is 6.77. The fraction of sp³-hybridized carbons (Fsp3) is 0.550. The third-order valence-electron chi connectivity index (χ3n) is 4.82. The van der Waals surface area contributed by atoms with Crippen LogP contribution < -0.4 is 4.74 Å². The maximum absolute atomic E-state index is 11.3. The third kappa shape index (κ3) is 4.83. The van der Waals surface area contributed by atoms with Gasteiger partial charge < -0.3 is 9.84 Å². The Bertz CT molecular complexity index is 754. The number of aliphatic carboxylic acids is 1. The summed E-state index contributed by atoms with van der Waals surface area (Å²) in [6.07, 6.45) is 6.76. The van der Waals surface area contributed by atoms with Crippen LogP contribution in [0, 0.1) is 0 Å². The molecule has 1 aromatic heterocycles. The smallest absolute Gasteiger partial charge is 0.316 e. The molecule has 0 bridgehead atoms. The Balaban J connectivity index is 1.91. The highest BCUT2D eigenvalue weighted by molar-refractivity contribution is 8.00. The molecule has 3 rings (SSSR count). The zero-order chi connectivity index (χ0) is 19.2. The van der Waals surface area contributed by atoms with Crippen LogP contribution in [0.5, 0.6) is 5.75 Å². The van der Waals surface area contributed by atoms with Crippen molar-refractivity contribution in [2.45, 2.75) is 68.8 Å². The van der Waals surface area contributed by atoms with Gasteiger partial charge in [0.25, 0.3) is 0 Å². The number of aromatic nitrogens is 3. The predicted octanol–water partition coefficient (Wildman–Crippen LogP) is 4.80. The van der Waals surface area contributed by atoms with Crippen molar-refractivity contribution in [3.63, 3.8) is 0 Å². The van der Waals surface area contributed by atoms with Crippen LogP contribution in [0.25, 0.3) is 11.4 Å². The average Bonchev–Trinajstić information content (AvgIpc) is 3.10. The summed E-state index contributed by atoms with van der Waals surface area (Å²) in [5.74, 6) is 0.819. The monoisotopic (exact) mass is 389 g/mol. The Morgan fingerprint density at radius 2 is 1.96 bits per heavy atom. The van der Waals surface area contributed by atoms with Gasteiger partial charge >= 0.3 is 5.97 Å². The highest BCUT2D eigenvalue weighted by Gasteiger charge is 2.26. The van der Waals surface area contributed by atoms with Crippen molar-refractivity contribution in [2.75, 3.05) is 6.61 Å². The zero-order valence-corrected chi connectivity index (χ0v) is 16.7. The highest BCUT2D eigenvalue weighted by atomic mass is 32.2. The van der Waals surface area contributed by atoms with Crippen LogP contribution in [0.15, 0.2) is 29.4 Å². The first-order valence-corrected chi connectivity index (χ1v) is 10.6. The van der Waals surface area contributed by atoms with Crippen molar-refractivity contribution >= 4 is 17.7 Å². The first-order chi connectivity index (χ1) is 13.1. The molecule has 1 aliphatic rings. The molecule has 146 valence electrons. The van der Waals surface area contributed by atoms with E-state index < -0.39 is 11.2 Å². The molecular weight excluding hydrogens is 362 g/mol. The van der Waals surface area contributed by atoms with E-state index in [-0.39, 0.29) is 0 Å². The Morgan fingerprint density at radius 1 is 1.26 bits per heavy atom. The number of carbonyl (C=O) groups is 1. The van der Waals surface area contributed by atoms with Crippen LogP contribution in [-0.2, 0) is 4.79 Å². The molecule has 0 radical (unpaired) electrons. The molecule has 1 heterocycles. The number of carboxylic acids is 1. The van der Waals surface area contributed by atoms with Crippen LogP contribution in [0.3, 0.4) is 0 Å². The normalized spacial score (nSPS) is 16.2. The number of ether oxygens (including phenoxy) is 1. The second-order valence-electron chi connectivity index (χ2n) is 6.94. The Morgan fingerprint density at radius 3 is 2.59 bits per heavy atom. The summed E-state index contributed by atoms with van der Waals surface area (Å²) in [5, 5.41) is 18.2. The van der Waals surface area contributed by atoms with Crippen molar-refractivity contribution in [3.8, 4) is 17.1 Å². The minimum atomic E-state index is -0.836.